The molecule has 0 spiro atoms. The molecule has 0 unspecified atom stereocenters. The predicted octanol–water partition coefficient (Wildman–Crippen LogP) is 4.56. The van der Waals surface area contributed by atoms with E-state index in [4.69, 9.17) is 11.6 Å². The van der Waals surface area contributed by atoms with Crippen molar-refractivity contribution in [3.8, 4) is 0 Å². The highest BCUT2D eigenvalue weighted by molar-refractivity contribution is 7.89. The van der Waals surface area contributed by atoms with Crippen molar-refractivity contribution in [2.24, 2.45) is 0 Å². The average Bonchev–Trinajstić information content (AvgIpc) is 2.85. The Morgan fingerprint density at radius 1 is 0.794 bits per heavy atom. The maximum atomic E-state index is 13.3. The van der Waals surface area contributed by atoms with Crippen molar-refractivity contribution in [1.82, 2.24) is 14.5 Å². The molecule has 1 atom stereocenters. The number of rotatable bonds is 5. The number of carbonyl (C=O) groups is 1. The number of piperidine rings is 2. The summed E-state index contributed by atoms with van der Waals surface area (Å²) in [5, 5.41) is 2.29. The predicted molar refractivity (Wildman–Crippen MR) is 135 cm³/mol. The molecule has 5 rings (SSSR count). The van der Waals surface area contributed by atoms with E-state index in [-0.39, 0.29) is 16.8 Å². The first-order valence-electron chi connectivity index (χ1n) is 12.7. The minimum Gasteiger partial charge on any atom is -0.338 e. The van der Waals surface area contributed by atoms with Gasteiger partial charge in [0.25, 0.3) is 0 Å². The number of likely N-dealkylation sites (tertiary alicyclic amines) is 2. The second-order valence-corrected chi connectivity index (χ2v) is 12.2. The topological polar surface area (TPSA) is 69.7 Å². The molecule has 2 saturated heterocycles. The molecule has 2 aromatic carbocycles. The van der Waals surface area contributed by atoms with E-state index in [1.54, 1.807) is 24.3 Å². The molecule has 0 aromatic heterocycles. The van der Waals surface area contributed by atoms with Crippen LogP contribution in [0.3, 0.4) is 0 Å². The lowest BCUT2D eigenvalue weighted by Gasteiger charge is -2.44. The van der Waals surface area contributed by atoms with Gasteiger partial charge in [0.05, 0.1) is 4.90 Å². The van der Waals surface area contributed by atoms with Crippen LogP contribution in [-0.2, 0) is 14.8 Å². The van der Waals surface area contributed by atoms with Gasteiger partial charge in [-0.3, -0.25) is 4.79 Å². The summed E-state index contributed by atoms with van der Waals surface area (Å²) in [6.45, 7) is 2.80. The summed E-state index contributed by atoms with van der Waals surface area (Å²) in [4.78, 5) is 18.1. The molecule has 3 fully saturated rings. The van der Waals surface area contributed by atoms with Crippen LogP contribution >= 0.6 is 11.6 Å². The molecule has 2 heterocycles. The van der Waals surface area contributed by atoms with E-state index in [1.807, 2.05) is 17.0 Å². The van der Waals surface area contributed by atoms with E-state index in [9.17, 15) is 13.2 Å². The van der Waals surface area contributed by atoms with E-state index in [2.05, 4.69) is 9.62 Å². The van der Waals surface area contributed by atoms with Crippen molar-refractivity contribution in [2.75, 3.05) is 19.6 Å². The summed E-state index contributed by atoms with van der Waals surface area (Å²) < 4.78 is 29.0. The molecule has 1 aliphatic carbocycles. The van der Waals surface area contributed by atoms with Gasteiger partial charge in [-0.1, -0.05) is 43.0 Å². The van der Waals surface area contributed by atoms with Crippen molar-refractivity contribution in [3.05, 3.63) is 41.4 Å². The van der Waals surface area contributed by atoms with Gasteiger partial charge in [0.2, 0.25) is 15.9 Å². The van der Waals surface area contributed by atoms with Crippen molar-refractivity contribution >= 4 is 38.3 Å². The van der Waals surface area contributed by atoms with E-state index >= 15 is 0 Å². The fraction of sp³-hybridized carbons (Fsp3) is 0.577. The third kappa shape index (κ3) is 5.13. The van der Waals surface area contributed by atoms with Gasteiger partial charge < -0.3 is 9.80 Å². The summed E-state index contributed by atoms with van der Waals surface area (Å²) in [7, 11) is -3.81. The number of amides is 1. The Labute approximate surface area is 207 Å². The third-order valence-corrected chi connectivity index (χ3v) is 9.59. The fourth-order valence-corrected chi connectivity index (χ4v) is 7.44. The lowest BCUT2D eigenvalue weighted by Crippen LogP contribution is -2.57. The molecule has 8 heteroatoms. The highest BCUT2D eigenvalue weighted by Gasteiger charge is 2.37. The second-order valence-electron chi connectivity index (χ2n) is 10.1. The maximum absolute atomic E-state index is 13.3. The molecule has 2 aliphatic heterocycles. The average molecular weight is 504 g/mol. The Kier molecular flexibility index (Phi) is 7.17. The van der Waals surface area contributed by atoms with E-state index in [1.165, 1.54) is 32.1 Å². The van der Waals surface area contributed by atoms with Crippen LogP contribution < -0.4 is 4.72 Å². The quantitative estimate of drug-likeness (QED) is 0.649. The Morgan fingerprint density at radius 3 is 2.26 bits per heavy atom. The van der Waals surface area contributed by atoms with Crippen LogP contribution in [0.2, 0.25) is 5.02 Å². The second kappa shape index (κ2) is 10.1. The van der Waals surface area contributed by atoms with Gasteiger partial charge in [-0.25, -0.2) is 8.42 Å². The first kappa shape index (κ1) is 24.0. The molecule has 1 N–H and O–H groups in total. The van der Waals surface area contributed by atoms with E-state index in [0.29, 0.717) is 17.5 Å². The molecular weight excluding hydrogens is 470 g/mol. The Hall–Kier alpha value is -1.67. The highest BCUT2D eigenvalue weighted by Crippen LogP contribution is 2.29. The summed E-state index contributed by atoms with van der Waals surface area (Å²) >= 11 is 6.04. The zero-order valence-corrected chi connectivity index (χ0v) is 21.2. The summed E-state index contributed by atoms with van der Waals surface area (Å²) in [5.74, 6) is -0.0708. The van der Waals surface area contributed by atoms with Crippen LogP contribution in [0.25, 0.3) is 10.8 Å². The number of nitrogens with zero attached hydrogens (tertiary/aromatic N) is 2. The van der Waals surface area contributed by atoms with Gasteiger partial charge in [0, 0.05) is 36.7 Å². The van der Waals surface area contributed by atoms with Gasteiger partial charge >= 0.3 is 0 Å². The number of sulfonamides is 1. The number of carbonyl (C=O) groups excluding carboxylic acids is 1. The smallest absolute Gasteiger partial charge is 0.241 e. The summed E-state index contributed by atoms with van der Waals surface area (Å²) in [6.07, 6.45) is 9.96. The monoisotopic (exact) mass is 503 g/mol. The molecule has 1 saturated carbocycles. The zero-order valence-electron chi connectivity index (χ0n) is 19.6. The Bertz CT molecular complexity index is 1140. The minimum atomic E-state index is -3.81. The van der Waals surface area contributed by atoms with Gasteiger partial charge in [0.1, 0.15) is 6.04 Å². The number of halogens is 1. The standard InChI is InChI=1S/C26H34ClN3O3S/c27-21-10-8-20-18-24(11-9-19(20)17-21)34(32,33)28-25-7-4-14-30(26(25)31)23-12-15-29(16-13-23)22-5-2-1-3-6-22/h8-11,17-18,22-23,25,28H,1-7,12-16H2/t25-/m0/s1. The van der Waals surface area contributed by atoms with Crippen molar-refractivity contribution < 1.29 is 13.2 Å². The molecular formula is C26H34ClN3O3S. The van der Waals surface area contributed by atoms with Crippen molar-refractivity contribution in [3.63, 3.8) is 0 Å². The largest absolute Gasteiger partial charge is 0.338 e. The third-order valence-electron chi connectivity index (χ3n) is 7.89. The molecule has 0 radical (unpaired) electrons. The molecule has 0 bridgehead atoms. The molecule has 184 valence electrons. The van der Waals surface area contributed by atoms with Gasteiger partial charge in [-0.05, 0) is 73.6 Å². The molecule has 34 heavy (non-hydrogen) atoms. The number of hydrogen-bond donors (Lipinski definition) is 1. The number of hydrogen-bond acceptors (Lipinski definition) is 4. The number of fused-ring (bicyclic) bond motifs is 1. The van der Waals surface area contributed by atoms with Crippen LogP contribution in [0.5, 0.6) is 0 Å². The first-order chi connectivity index (χ1) is 16.4. The van der Waals surface area contributed by atoms with Gasteiger partial charge in [-0.15, -0.1) is 0 Å². The van der Waals surface area contributed by atoms with Gasteiger partial charge in [-0.2, -0.15) is 4.72 Å². The van der Waals surface area contributed by atoms with Crippen LogP contribution in [0.15, 0.2) is 41.3 Å². The van der Waals surface area contributed by atoms with E-state index < -0.39 is 16.1 Å². The Morgan fingerprint density at radius 2 is 1.50 bits per heavy atom. The van der Waals surface area contributed by atoms with Crippen LogP contribution in [-0.4, -0.2) is 61.9 Å². The molecule has 6 nitrogen and oxygen atoms in total. The molecule has 1 amide bonds. The normalized spacial score (nSPS) is 24.1. The van der Waals surface area contributed by atoms with E-state index in [0.717, 1.165) is 49.7 Å². The SMILES string of the molecule is O=C1[C@@H](NS(=O)(=O)c2ccc3cc(Cl)ccc3c2)CCCN1C1CCN(C2CCCCC2)CC1. The van der Waals surface area contributed by atoms with Crippen molar-refractivity contribution in [1.29, 1.82) is 0 Å². The lowest BCUT2D eigenvalue weighted by atomic mass is 9.91. The van der Waals surface area contributed by atoms with Crippen LogP contribution in [0.4, 0.5) is 0 Å². The van der Waals surface area contributed by atoms with Crippen LogP contribution in [0, 0.1) is 0 Å². The van der Waals surface area contributed by atoms with Gasteiger partial charge in [0.15, 0.2) is 0 Å². The first-order valence-corrected chi connectivity index (χ1v) is 14.5. The zero-order chi connectivity index (χ0) is 23.7. The Balaban J connectivity index is 1.23. The number of nitrogens with one attached hydrogen (secondary N) is 1. The van der Waals surface area contributed by atoms with Crippen LogP contribution in [0.1, 0.15) is 57.8 Å². The summed E-state index contributed by atoms with van der Waals surface area (Å²) in [6, 6.07) is 10.6. The summed E-state index contributed by atoms with van der Waals surface area (Å²) in [5.41, 5.74) is 0. The van der Waals surface area contributed by atoms with Crippen molar-refractivity contribution in [2.45, 2.75) is 80.8 Å². The maximum Gasteiger partial charge on any atom is 0.241 e. The molecule has 3 aliphatic rings. The molecule has 2 aromatic rings. The highest BCUT2D eigenvalue weighted by atomic mass is 35.5. The fourth-order valence-electron chi connectivity index (χ4n) is 6.00. The lowest BCUT2D eigenvalue weighted by molar-refractivity contribution is -0.139. The number of benzene rings is 2. The minimum absolute atomic E-state index is 0.0708.